The van der Waals surface area contributed by atoms with Gasteiger partial charge in [-0.1, -0.05) is 18.2 Å². The van der Waals surface area contributed by atoms with Crippen LogP contribution in [0.15, 0.2) is 46.8 Å². The van der Waals surface area contributed by atoms with Gasteiger partial charge in [0.2, 0.25) is 0 Å². The molecule has 1 aromatic carbocycles. The molecule has 0 saturated heterocycles. The Morgan fingerprint density at radius 3 is 2.52 bits per heavy atom. The van der Waals surface area contributed by atoms with E-state index in [1.807, 2.05) is 30.3 Å². The molecule has 0 bridgehead atoms. The molecule has 1 heterocycles. The number of hydrogen-bond donors (Lipinski definition) is 1. The molecule has 2 aliphatic rings. The van der Waals surface area contributed by atoms with Crippen molar-refractivity contribution in [1.29, 1.82) is 0 Å². The van der Waals surface area contributed by atoms with Crippen molar-refractivity contribution >= 4 is 5.76 Å². The van der Waals surface area contributed by atoms with E-state index in [1.165, 1.54) is 4.68 Å². The molecule has 106 valence electrons. The third-order valence-electron chi connectivity index (χ3n) is 4.02. The molecule has 0 amide bonds. The third kappa shape index (κ3) is 2.27. The number of aliphatic hydroxyl groups is 1. The van der Waals surface area contributed by atoms with Crippen molar-refractivity contribution in [2.45, 2.75) is 31.6 Å². The summed E-state index contributed by atoms with van der Waals surface area (Å²) in [7, 11) is 0. The highest BCUT2D eigenvalue weighted by Crippen LogP contribution is 2.40. The first-order chi connectivity index (χ1) is 10.2. The van der Waals surface area contributed by atoms with Crippen LogP contribution in [0.4, 0.5) is 0 Å². The topological polar surface area (TPSA) is 55.1 Å². The van der Waals surface area contributed by atoms with E-state index >= 15 is 0 Å². The van der Waals surface area contributed by atoms with Crippen molar-refractivity contribution < 1.29 is 5.11 Å². The van der Waals surface area contributed by atoms with Crippen molar-refractivity contribution in [2.24, 2.45) is 0 Å². The Morgan fingerprint density at radius 1 is 1.19 bits per heavy atom. The van der Waals surface area contributed by atoms with Crippen molar-refractivity contribution in [3.05, 3.63) is 63.6 Å². The van der Waals surface area contributed by atoms with Crippen molar-refractivity contribution in [3.63, 3.8) is 0 Å². The van der Waals surface area contributed by atoms with Crippen LogP contribution in [-0.2, 0) is 0 Å². The fourth-order valence-electron chi connectivity index (χ4n) is 2.50. The first kappa shape index (κ1) is 12.4. The van der Waals surface area contributed by atoms with E-state index in [0.717, 1.165) is 42.6 Å². The number of para-hydroxylation sites is 1. The van der Waals surface area contributed by atoms with Crippen LogP contribution in [-0.4, -0.2) is 14.9 Å². The molecule has 2 aromatic rings. The van der Waals surface area contributed by atoms with Gasteiger partial charge in [0.1, 0.15) is 5.76 Å². The van der Waals surface area contributed by atoms with Gasteiger partial charge in [0.05, 0.1) is 16.9 Å². The van der Waals surface area contributed by atoms with E-state index < -0.39 is 0 Å². The lowest BCUT2D eigenvalue weighted by Crippen LogP contribution is -2.25. The molecular formula is C17H16N2O2. The second-order valence-corrected chi connectivity index (χ2v) is 5.76. The van der Waals surface area contributed by atoms with Crippen LogP contribution >= 0.6 is 0 Å². The Kier molecular flexibility index (Phi) is 2.70. The highest BCUT2D eigenvalue weighted by molar-refractivity contribution is 5.64. The summed E-state index contributed by atoms with van der Waals surface area (Å²) in [6, 6.07) is 11.2. The molecule has 2 fully saturated rings. The van der Waals surface area contributed by atoms with Crippen molar-refractivity contribution in [1.82, 2.24) is 9.78 Å². The van der Waals surface area contributed by atoms with E-state index in [4.69, 9.17) is 0 Å². The molecule has 1 aromatic heterocycles. The molecule has 21 heavy (non-hydrogen) atoms. The van der Waals surface area contributed by atoms with Gasteiger partial charge in [-0.3, -0.25) is 4.79 Å². The summed E-state index contributed by atoms with van der Waals surface area (Å²) < 4.78 is 1.42. The molecule has 0 aliphatic heterocycles. The molecule has 4 rings (SSSR count). The minimum absolute atomic E-state index is 0.161. The summed E-state index contributed by atoms with van der Waals surface area (Å²) in [5.41, 5.74) is 2.76. The molecule has 1 N–H and O–H groups in total. The van der Waals surface area contributed by atoms with Crippen LogP contribution in [0.25, 0.3) is 11.4 Å². The average Bonchev–Trinajstić information content (AvgIpc) is 3.40. The molecule has 4 nitrogen and oxygen atoms in total. The fraction of sp³-hybridized carbons (Fsp3) is 0.294. The lowest BCUT2D eigenvalue weighted by Gasteiger charge is -2.10. The van der Waals surface area contributed by atoms with E-state index in [9.17, 15) is 9.90 Å². The maximum atomic E-state index is 12.6. The van der Waals surface area contributed by atoms with Crippen LogP contribution in [0.3, 0.4) is 0 Å². The van der Waals surface area contributed by atoms with Crippen LogP contribution in [0.5, 0.6) is 0 Å². The monoisotopic (exact) mass is 280 g/mol. The number of nitrogens with zero attached hydrogens (tertiary/aromatic N) is 2. The number of hydrogen-bond acceptors (Lipinski definition) is 3. The zero-order chi connectivity index (χ0) is 14.4. The van der Waals surface area contributed by atoms with Gasteiger partial charge in [-0.25, -0.2) is 0 Å². The van der Waals surface area contributed by atoms with E-state index in [1.54, 1.807) is 6.07 Å². The summed E-state index contributed by atoms with van der Waals surface area (Å²) in [5, 5.41) is 14.8. The highest BCUT2D eigenvalue weighted by Gasteiger charge is 2.29. The second-order valence-electron chi connectivity index (χ2n) is 5.76. The van der Waals surface area contributed by atoms with Gasteiger partial charge in [0.15, 0.2) is 0 Å². The standard InChI is InChI=1S/C17H16N2O2/c20-16(12-8-9-12)14-10-15(11-6-7-11)18-19(17(14)21)13-4-2-1-3-5-13/h1-5,10-11,20H,6-9H2. The molecular weight excluding hydrogens is 264 g/mol. The highest BCUT2D eigenvalue weighted by atomic mass is 16.3. The van der Waals surface area contributed by atoms with Crippen LogP contribution in [0.1, 0.15) is 42.9 Å². The zero-order valence-electron chi connectivity index (χ0n) is 11.6. The minimum Gasteiger partial charge on any atom is -0.507 e. The maximum Gasteiger partial charge on any atom is 0.282 e. The summed E-state index contributed by atoms with van der Waals surface area (Å²) in [4.78, 5) is 12.6. The van der Waals surface area contributed by atoms with Gasteiger partial charge in [-0.2, -0.15) is 9.78 Å². The Morgan fingerprint density at radius 2 is 1.90 bits per heavy atom. The average molecular weight is 280 g/mol. The van der Waals surface area contributed by atoms with Crippen LogP contribution < -0.4 is 5.56 Å². The van der Waals surface area contributed by atoms with Gasteiger partial charge >= 0.3 is 0 Å². The molecule has 0 spiro atoms. The molecule has 0 atom stereocenters. The van der Waals surface area contributed by atoms with E-state index in [-0.39, 0.29) is 11.3 Å². The first-order valence-electron chi connectivity index (χ1n) is 7.35. The molecule has 4 heteroatoms. The Bertz CT molecular complexity index is 780. The van der Waals surface area contributed by atoms with Gasteiger partial charge in [-0.05, 0) is 49.5 Å². The van der Waals surface area contributed by atoms with Gasteiger partial charge in [0, 0.05) is 5.92 Å². The van der Waals surface area contributed by atoms with Crippen LogP contribution in [0.2, 0.25) is 0 Å². The van der Waals surface area contributed by atoms with E-state index in [2.05, 4.69) is 5.10 Å². The predicted molar refractivity (Wildman–Crippen MR) is 80.6 cm³/mol. The van der Waals surface area contributed by atoms with Crippen LogP contribution in [0, 0.1) is 0 Å². The number of aliphatic hydroxyl groups excluding tert-OH is 1. The Balaban J connectivity index is 1.94. The molecule has 0 radical (unpaired) electrons. The maximum absolute atomic E-state index is 12.6. The van der Waals surface area contributed by atoms with E-state index in [0.29, 0.717) is 11.5 Å². The second kappa shape index (κ2) is 4.58. The van der Waals surface area contributed by atoms with Crippen molar-refractivity contribution in [2.75, 3.05) is 0 Å². The summed E-state index contributed by atoms with van der Waals surface area (Å²) in [6.07, 6.45) is 3.99. The number of rotatable bonds is 3. The SMILES string of the molecule is O=c1c(C(O)=C2CC2)cc(C2CC2)nn1-c1ccccc1. The number of allylic oxidation sites excluding steroid dienone is 1. The Hall–Kier alpha value is -2.36. The largest absolute Gasteiger partial charge is 0.507 e. The van der Waals surface area contributed by atoms with Gasteiger partial charge in [-0.15, -0.1) is 0 Å². The summed E-state index contributed by atoms with van der Waals surface area (Å²) >= 11 is 0. The summed E-state index contributed by atoms with van der Waals surface area (Å²) in [6.45, 7) is 0. The quantitative estimate of drug-likeness (QED) is 0.879. The molecule has 2 saturated carbocycles. The van der Waals surface area contributed by atoms with Crippen molar-refractivity contribution in [3.8, 4) is 5.69 Å². The Labute approximate surface area is 122 Å². The third-order valence-corrected chi connectivity index (χ3v) is 4.02. The summed E-state index contributed by atoms with van der Waals surface area (Å²) in [5.74, 6) is 0.588. The minimum atomic E-state index is -0.248. The lowest BCUT2D eigenvalue weighted by atomic mass is 10.1. The fourth-order valence-corrected chi connectivity index (χ4v) is 2.50. The first-order valence-corrected chi connectivity index (χ1v) is 7.35. The van der Waals surface area contributed by atoms with Gasteiger partial charge < -0.3 is 5.11 Å². The molecule has 0 unspecified atom stereocenters. The number of benzene rings is 1. The number of aromatic nitrogens is 2. The smallest absolute Gasteiger partial charge is 0.282 e. The zero-order valence-corrected chi connectivity index (χ0v) is 11.6. The predicted octanol–water partition coefficient (Wildman–Crippen LogP) is 3.17. The lowest BCUT2D eigenvalue weighted by molar-refractivity contribution is 0.506. The molecule has 2 aliphatic carbocycles. The normalized spacial score (nSPS) is 16.9. The van der Waals surface area contributed by atoms with Gasteiger partial charge in [0.25, 0.3) is 5.56 Å².